The SMILES string of the molecule is CCC(=O)N[C@@H](C(=O)N1CCN(C)CC1)[C@@H](C)c1ccc(NC(=O)[C@H](C)NC(=O)C(F)(F)C2CCN(C)CC2)c(F)c1. The number of likely N-dealkylation sites (tertiary alicyclic amines) is 1. The largest absolute Gasteiger partial charge is 0.344 e. The van der Waals surface area contributed by atoms with E-state index in [0.29, 0.717) is 44.8 Å². The molecule has 0 aliphatic carbocycles. The van der Waals surface area contributed by atoms with Crippen molar-refractivity contribution in [2.24, 2.45) is 5.92 Å². The summed E-state index contributed by atoms with van der Waals surface area (Å²) in [6, 6.07) is 1.74. The summed E-state index contributed by atoms with van der Waals surface area (Å²) >= 11 is 0. The van der Waals surface area contributed by atoms with Gasteiger partial charge in [0, 0.05) is 44.4 Å². The number of nitrogens with one attached hydrogen (secondary N) is 3. The summed E-state index contributed by atoms with van der Waals surface area (Å²) in [5.74, 6) is -9.11. The van der Waals surface area contributed by atoms with Crippen molar-refractivity contribution < 1.29 is 32.3 Å². The minimum atomic E-state index is -3.63. The topological polar surface area (TPSA) is 114 Å². The zero-order valence-electron chi connectivity index (χ0n) is 25.0. The molecule has 0 saturated carbocycles. The van der Waals surface area contributed by atoms with Crippen LogP contribution in [0.25, 0.3) is 0 Å². The summed E-state index contributed by atoms with van der Waals surface area (Å²) in [4.78, 5) is 56.3. The molecule has 2 saturated heterocycles. The van der Waals surface area contributed by atoms with E-state index in [-0.39, 0.29) is 36.8 Å². The molecule has 13 heteroatoms. The maximum Gasteiger partial charge on any atom is 0.327 e. The van der Waals surface area contributed by atoms with Crippen LogP contribution in [0.15, 0.2) is 18.2 Å². The third-order valence-corrected chi connectivity index (χ3v) is 8.27. The summed E-state index contributed by atoms with van der Waals surface area (Å²) in [6.45, 7) is 7.96. The molecule has 0 spiro atoms. The fourth-order valence-electron chi connectivity index (χ4n) is 5.16. The number of piperazine rings is 1. The second-order valence-corrected chi connectivity index (χ2v) is 11.4. The number of rotatable bonds is 10. The molecule has 2 fully saturated rings. The first-order valence-electron chi connectivity index (χ1n) is 14.5. The number of anilines is 1. The quantitative estimate of drug-likeness (QED) is 0.381. The molecule has 0 aromatic heterocycles. The summed E-state index contributed by atoms with van der Waals surface area (Å²) in [6.07, 6.45) is 0.506. The third kappa shape index (κ3) is 8.21. The van der Waals surface area contributed by atoms with Gasteiger partial charge in [-0.25, -0.2) is 4.39 Å². The summed E-state index contributed by atoms with van der Waals surface area (Å²) < 4.78 is 44.6. The molecule has 0 radical (unpaired) electrons. The molecule has 3 rings (SSSR count). The molecule has 3 atom stereocenters. The van der Waals surface area contributed by atoms with Crippen LogP contribution in [0.3, 0.4) is 0 Å². The van der Waals surface area contributed by atoms with Crippen molar-refractivity contribution in [3.8, 4) is 0 Å². The number of piperidine rings is 1. The van der Waals surface area contributed by atoms with Crippen molar-refractivity contribution >= 4 is 29.3 Å². The summed E-state index contributed by atoms with van der Waals surface area (Å²) in [5, 5.41) is 7.17. The smallest absolute Gasteiger partial charge is 0.327 e. The van der Waals surface area contributed by atoms with Crippen LogP contribution in [0.5, 0.6) is 0 Å². The van der Waals surface area contributed by atoms with Gasteiger partial charge in [-0.15, -0.1) is 0 Å². The molecule has 234 valence electrons. The van der Waals surface area contributed by atoms with Gasteiger partial charge < -0.3 is 30.7 Å². The fraction of sp³-hybridized carbons (Fsp3) is 0.655. The van der Waals surface area contributed by atoms with Crippen molar-refractivity contribution in [2.75, 3.05) is 58.7 Å². The van der Waals surface area contributed by atoms with Gasteiger partial charge in [0.25, 0.3) is 5.91 Å². The summed E-state index contributed by atoms with van der Waals surface area (Å²) in [5.41, 5.74) is 0.215. The Morgan fingerprint density at radius 2 is 1.55 bits per heavy atom. The van der Waals surface area contributed by atoms with E-state index in [2.05, 4.69) is 20.9 Å². The number of likely N-dealkylation sites (N-methyl/N-ethyl adjacent to an activating group) is 1. The molecule has 2 heterocycles. The van der Waals surface area contributed by atoms with E-state index in [4.69, 9.17) is 0 Å². The zero-order chi connectivity index (χ0) is 31.2. The number of amides is 4. The highest BCUT2D eigenvalue weighted by Crippen LogP contribution is 2.33. The highest BCUT2D eigenvalue weighted by Gasteiger charge is 2.48. The number of hydrogen-bond acceptors (Lipinski definition) is 6. The monoisotopic (exact) mass is 596 g/mol. The van der Waals surface area contributed by atoms with Crippen molar-refractivity contribution in [1.82, 2.24) is 25.3 Å². The second kappa shape index (κ2) is 14.3. The van der Waals surface area contributed by atoms with Gasteiger partial charge in [-0.2, -0.15) is 8.78 Å². The average Bonchev–Trinajstić information content (AvgIpc) is 2.96. The number of carbonyl (C=O) groups is 4. The van der Waals surface area contributed by atoms with E-state index in [1.165, 1.54) is 25.1 Å². The van der Waals surface area contributed by atoms with Gasteiger partial charge >= 0.3 is 5.92 Å². The zero-order valence-corrected chi connectivity index (χ0v) is 25.0. The lowest BCUT2D eigenvalue weighted by molar-refractivity contribution is -0.158. The van der Waals surface area contributed by atoms with Crippen molar-refractivity contribution in [2.45, 2.75) is 64.0 Å². The van der Waals surface area contributed by atoms with Crippen LogP contribution in [0, 0.1) is 11.7 Å². The second-order valence-electron chi connectivity index (χ2n) is 11.4. The molecule has 2 aliphatic heterocycles. The standard InChI is InChI=1S/C29H43F3N6O4/c1-6-24(39)35-25(27(41)38-15-13-37(5)14-16-38)18(2)20-7-8-23(22(30)17-20)34-26(40)19(3)33-28(42)29(31,32)21-9-11-36(4)12-10-21/h7-8,17-19,21,25H,6,9-16H2,1-5H3,(H,33,42)(H,34,40)(H,35,39)/t18-,19-,25+/m0/s1. The fourth-order valence-corrected chi connectivity index (χ4v) is 5.16. The Bertz CT molecular complexity index is 1140. The van der Waals surface area contributed by atoms with Crippen LogP contribution in [-0.2, 0) is 19.2 Å². The van der Waals surface area contributed by atoms with Crippen molar-refractivity contribution in [3.63, 3.8) is 0 Å². The molecule has 1 aromatic carbocycles. The molecule has 42 heavy (non-hydrogen) atoms. The highest BCUT2D eigenvalue weighted by atomic mass is 19.3. The van der Waals surface area contributed by atoms with Gasteiger partial charge in [0.1, 0.15) is 17.9 Å². The predicted molar refractivity (Wildman–Crippen MR) is 153 cm³/mol. The first-order chi connectivity index (χ1) is 19.7. The molecule has 1 aromatic rings. The van der Waals surface area contributed by atoms with Gasteiger partial charge in [-0.1, -0.05) is 19.9 Å². The molecule has 0 bridgehead atoms. The molecule has 4 amide bonds. The van der Waals surface area contributed by atoms with E-state index < -0.39 is 47.5 Å². The van der Waals surface area contributed by atoms with Crippen LogP contribution in [-0.4, -0.2) is 110 Å². The molecular weight excluding hydrogens is 553 g/mol. The Morgan fingerprint density at radius 1 is 0.952 bits per heavy atom. The maximum absolute atomic E-state index is 15.1. The van der Waals surface area contributed by atoms with Crippen LogP contribution < -0.4 is 16.0 Å². The highest BCUT2D eigenvalue weighted by molar-refractivity contribution is 5.98. The lowest BCUT2D eigenvalue weighted by atomic mass is 9.90. The Hall–Kier alpha value is -3.19. The Kier molecular flexibility index (Phi) is 11.4. The first-order valence-corrected chi connectivity index (χ1v) is 14.5. The Balaban J connectivity index is 1.66. The Labute approximate surface area is 245 Å². The van der Waals surface area contributed by atoms with E-state index in [0.717, 1.165) is 0 Å². The number of halogens is 3. The third-order valence-electron chi connectivity index (χ3n) is 8.27. The van der Waals surface area contributed by atoms with Crippen molar-refractivity contribution in [3.05, 3.63) is 29.6 Å². The lowest BCUT2D eigenvalue weighted by Gasteiger charge is -2.36. The van der Waals surface area contributed by atoms with E-state index in [1.807, 2.05) is 19.0 Å². The normalized spacial score (nSPS) is 19.5. The van der Waals surface area contributed by atoms with Gasteiger partial charge in [-0.3, -0.25) is 19.2 Å². The van der Waals surface area contributed by atoms with Crippen LogP contribution in [0.4, 0.5) is 18.9 Å². The minimum Gasteiger partial charge on any atom is -0.344 e. The van der Waals surface area contributed by atoms with Crippen LogP contribution >= 0.6 is 0 Å². The molecule has 10 nitrogen and oxygen atoms in total. The van der Waals surface area contributed by atoms with Gasteiger partial charge in [0.05, 0.1) is 5.69 Å². The minimum absolute atomic E-state index is 0.164. The van der Waals surface area contributed by atoms with E-state index in [1.54, 1.807) is 18.7 Å². The molecule has 2 aliphatic rings. The van der Waals surface area contributed by atoms with Crippen molar-refractivity contribution in [1.29, 1.82) is 0 Å². The predicted octanol–water partition coefficient (Wildman–Crippen LogP) is 2.02. The molecular formula is C29H43F3N6O4. The number of hydrogen-bond donors (Lipinski definition) is 3. The number of nitrogens with zero attached hydrogens (tertiary/aromatic N) is 3. The van der Waals surface area contributed by atoms with Gasteiger partial charge in [0.15, 0.2) is 0 Å². The summed E-state index contributed by atoms with van der Waals surface area (Å²) in [7, 11) is 3.79. The van der Waals surface area contributed by atoms with Gasteiger partial charge in [-0.05, 0) is 64.6 Å². The average molecular weight is 597 g/mol. The first kappa shape index (κ1) is 33.3. The molecule has 0 unspecified atom stereocenters. The number of carbonyl (C=O) groups excluding carboxylic acids is 4. The lowest BCUT2D eigenvalue weighted by Crippen LogP contribution is -2.55. The van der Waals surface area contributed by atoms with Gasteiger partial charge in [0.2, 0.25) is 17.7 Å². The maximum atomic E-state index is 15.1. The van der Waals surface area contributed by atoms with Crippen LogP contribution in [0.1, 0.15) is 51.5 Å². The number of benzene rings is 1. The van der Waals surface area contributed by atoms with E-state index in [9.17, 15) is 28.0 Å². The van der Waals surface area contributed by atoms with Crippen LogP contribution in [0.2, 0.25) is 0 Å². The number of alkyl halides is 2. The molecule has 3 N–H and O–H groups in total. The van der Waals surface area contributed by atoms with E-state index >= 15 is 4.39 Å². The Morgan fingerprint density at radius 3 is 2.12 bits per heavy atom.